The zero-order valence-electron chi connectivity index (χ0n) is 19.4. The molecule has 4 rings (SSSR count). The summed E-state index contributed by atoms with van der Waals surface area (Å²) in [5.74, 6) is 0.242. The van der Waals surface area contributed by atoms with Crippen LogP contribution in [0.3, 0.4) is 0 Å². The van der Waals surface area contributed by atoms with E-state index < -0.39 is 0 Å². The molecule has 0 saturated carbocycles. The van der Waals surface area contributed by atoms with Crippen LogP contribution in [0.5, 0.6) is 0 Å². The summed E-state index contributed by atoms with van der Waals surface area (Å²) in [7, 11) is 0. The van der Waals surface area contributed by atoms with Gasteiger partial charge < -0.3 is 9.80 Å². The van der Waals surface area contributed by atoms with Gasteiger partial charge in [-0.2, -0.15) is 0 Å². The third kappa shape index (κ3) is 5.16. The lowest BCUT2D eigenvalue weighted by Gasteiger charge is -2.40. The summed E-state index contributed by atoms with van der Waals surface area (Å²) in [4.78, 5) is 29.3. The quantitative estimate of drug-likeness (QED) is 0.419. The van der Waals surface area contributed by atoms with Crippen LogP contribution in [0, 0.1) is 5.92 Å². The Kier molecular flexibility index (Phi) is 7.23. The van der Waals surface area contributed by atoms with Gasteiger partial charge in [0.05, 0.1) is 12.1 Å². The molecule has 0 radical (unpaired) electrons. The van der Waals surface area contributed by atoms with Crippen molar-refractivity contribution in [3.8, 4) is 0 Å². The van der Waals surface area contributed by atoms with Crippen molar-refractivity contribution in [3.05, 3.63) is 102 Å². The minimum Gasteiger partial charge on any atom is -0.371 e. The lowest BCUT2D eigenvalue weighted by molar-refractivity contribution is -0.141. The van der Waals surface area contributed by atoms with Crippen LogP contribution in [0.15, 0.2) is 84.9 Å². The molecule has 0 aromatic heterocycles. The Morgan fingerprint density at radius 2 is 1.30 bits per heavy atom. The van der Waals surface area contributed by atoms with Gasteiger partial charge in [-0.15, -0.1) is 0 Å². The van der Waals surface area contributed by atoms with Gasteiger partial charge in [0.1, 0.15) is 6.29 Å². The average Bonchev–Trinajstić information content (AvgIpc) is 2.89. The summed E-state index contributed by atoms with van der Waals surface area (Å²) in [6.07, 6.45) is 2.52. The van der Waals surface area contributed by atoms with E-state index >= 15 is 0 Å². The highest BCUT2D eigenvalue weighted by molar-refractivity contribution is 5.80. The van der Waals surface area contributed by atoms with Crippen LogP contribution in [0.1, 0.15) is 60.3 Å². The molecule has 1 heterocycles. The predicted molar refractivity (Wildman–Crippen MR) is 133 cm³/mol. The lowest BCUT2D eigenvalue weighted by atomic mass is 9.91. The fourth-order valence-electron chi connectivity index (χ4n) is 4.86. The highest BCUT2D eigenvalue weighted by Crippen LogP contribution is 2.34. The van der Waals surface area contributed by atoms with Crippen LogP contribution >= 0.6 is 0 Å². The highest BCUT2D eigenvalue weighted by Gasteiger charge is 2.34. The van der Waals surface area contributed by atoms with Crippen molar-refractivity contribution in [2.24, 2.45) is 5.92 Å². The Labute approximate surface area is 196 Å². The molecular weight excluding hydrogens is 408 g/mol. The van der Waals surface area contributed by atoms with Crippen molar-refractivity contribution >= 4 is 17.9 Å². The molecule has 1 aliphatic rings. The normalized spacial score (nSPS) is 16.1. The molecule has 1 fully saturated rings. The number of rotatable bonds is 7. The summed E-state index contributed by atoms with van der Waals surface area (Å²) in [6.45, 7) is 5.95. The van der Waals surface area contributed by atoms with E-state index in [4.69, 9.17) is 0 Å². The average molecular weight is 441 g/mol. The van der Waals surface area contributed by atoms with Gasteiger partial charge in [-0.25, -0.2) is 0 Å². The van der Waals surface area contributed by atoms with Gasteiger partial charge >= 0.3 is 0 Å². The zero-order valence-corrected chi connectivity index (χ0v) is 19.4. The number of hydrogen-bond acceptors (Lipinski definition) is 3. The number of amides is 1. The van der Waals surface area contributed by atoms with Gasteiger partial charge in [-0.05, 0) is 62.1 Å². The molecule has 170 valence electrons. The van der Waals surface area contributed by atoms with E-state index in [1.165, 1.54) is 0 Å². The number of aldehydes is 1. The van der Waals surface area contributed by atoms with Crippen molar-refractivity contribution in [2.75, 3.05) is 18.0 Å². The van der Waals surface area contributed by atoms with E-state index in [1.54, 1.807) is 0 Å². The number of nitrogens with zero attached hydrogens (tertiary/aromatic N) is 2. The lowest BCUT2D eigenvalue weighted by Crippen LogP contribution is -2.44. The van der Waals surface area contributed by atoms with Crippen molar-refractivity contribution in [1.29, 1.82) is 0 Å². The van der Waals surface area contributed by atoms with Crippen LogP contribution in [-0.4, -0.2) is 30.2 Å². The monoisotopic (exact) mass is 440 g/mol. The maximum Gasteiger partial charge on any atom is 0.226 e. The van der Waals surface area contributed by atoms with Crippen LogP contribution in [-0.2, 0) is 4.79 Å². The number of piperidine rings is 1. The number of benzene rings is 3. The first-order valence-electron chi connectivity index (χ1n) is 11.8. The Bertz CT molecular complexity index is 996. The van der Waals surface area contributed by atoms with Gasteiger partial charge in [-0.1, -0.05) is 60.7 Å². The molecule has 1 amide bonds. The summed E-state index contributed by atoms with van der Waals surface area (Å²) >= 11 is 0. The van der Waals surface area contributed by atoms with Gasteiger partial charge in [0.25, 0.3) is 0 Å². The molecule has 3 aromatic rings. The molecule has 0 spiro atoms. The van der Waals surface area contributed by atoms with Crippen LogP contribution in [0.2, 0.25) is 0 Å². The van der Waals surface area contributed by atoms with E-state index in [0.29, 0.717) is 5.56 Å². The highest BCUT2D eigenvalue weighted by atomic mass is 16.2. The Morgan fingerprint density at radius 3 is 1.76 bits per heavy atom. The molecular formula is C29H32N2O2. The summed E-state index contributed by atoms with van der Waals surface area (Å²) < 4.78 is 0. The number of hydrogen-bond donors (Lipinski definition) is 0. The van der Waals surface area contributed by atoms with E-state index in [0.717, 1.165) is 49.0 Å². The molecule has 1 aliphatic heterocycles. The second-order valence-corrected chi connectivity index (χ2v) is 8.89. The standard InChI is InChI=1S/C29H32N2O2/c1-22(25-9-5-3-6-10-25)31(23(2)26-11-7-4-8-12-26)29(33)27-17-19-30(20-18-27)28-15-13-24(21-32)14-16-28/h3-16,21-23,27H,17-20H2,1-2H3/t22-,23-/m0/s1. The molecule has 0 unspecified atom stereocenters. The molecule has 2 atom stereocenters. The second kappa shape index (κ2) is 10.5. The summed E-state index contributed by atoms with van der Waals surface area (Å²) in [5.41, 5.74) is 4.10. The van der Waals surface area contributed by atoms with Crippen LogP contribution in [0.4, 0.5) is 5.69 Å². The third-order valence-electron chi connectivity index (χ3n) is 6.89. The Balaban J connectivity index is 1.52. The molecule has 0 N–H and O–H groups in total. The van der Waals surface area contributed by atoms with Gasteiger partial charge in [0.15, 0.2) is 0 Å². The predicted octanol–water partition coefficient (Wildman–Crippen LogP) is 6.07. The molecule has 0 bridgehead atoms. The number of carbonyl (C=O) groups excluding carboxylic acids is 2. The third-order valence-corrected chi connectivity index (χ3v) is 6.89. The fraction of sp³-hybridized carbons (Fsp3) is 0.310. The number of carbonyl (C=O) groups is 2. The smallest absolute Gasteiger partial charge is 0.226 e. The zero-order chi connectivity index (χ0) is 23.2. The molecule has 3 aromatic carbocycles. The molecule has 4 heteroatoms. The van der Waals surface area contributed by atoms with E-state index in [2.05, 4.69) is 47.9 Å². The van der Waals surface area contributed by atoms with E-state index in [9.17, 15) is 9.59 Å². The Hall–Kier alpha value is -3.40. The first kappa shape index (κ1) is 22.8. The van der Waals surface area contributed by atoms with Crippen LogP contribution in [0.25, 0.3) is 0 Å². The van der Waals surface area contributed by atoms with Crippen LogP contribution < -0.4 is 4.90 Å². The molecule has 0 aliphatic carbocycles. The Morgan fingerprint density at radius 1 is 0.818 bits per heavy atom. The van der Waals surface area contributed by atoms with Gasteiger partial charge in [-0.3, -0.25) is 9.59 Å². The van der Waals surface area contributed by atoms with Crippen molar-refractivity contribution in [3.63, 3.8) is 0 Å². The van der Waals surface area contributed by atoms with E-state index in [-0.39, 0.29) is 23.9 Å². The largest absolute Gasteiger partial charge is 0.371 e. The van der Waals surface area contributed by atoms with E-state index in [1.807, 2.05) is 60.7 Å². The minimum absolute atomic E-state index is 0.00724. The maximum atomic E-state index is 13.9. The maximum absolute atomic E-state index is 13.9. The van der Waals surface area contributed by atoms with Crippen molar-refractivity contribution < 1.29 is 9.59 Å². The topological polar surface area (TPSA) is 40.6 Å². The second-order valence-electron chi connectivity index (χ2n) is 8.89. The first-order chi connectivity index (χ1) is 16.1. The first-order valence-corrected chi connectivity index (χ1v) is 11.8. The van der Waals surface area contributed by atoms with Gasteiger partial charge in [0.2, 0.25) is 5.91 Å². The van der Waals surface area contributed by atoms with Gasteiger partial charge in [0, 0.05) is 30.3 Å². The summed E-state index contributed by atoms with van der Waals surface area (Å²) in [5, 5.41) is 0. The van der Waals surface area contributed by atoms with Crippen molar-refractivity contribution in [2.45, 2.75) is 38.8 Å². The van der Waals surface area contributed by atoms with Crippen molar-refractivity contribution in [1.82, 2.24) is 4.90 Å². The molecule has 33 heavy (non-hydrogen) atoms. The minimum atomic E-state index is -0.0113. The summed E-state index contributed by atoms with van der Waals surface area (Å²) in [6, 6.07) is 28.3. The fourth-order valence-corrected chi connectivity index (χ4v) is 4.86. The molecule has 4 nitrogen and oxygen atoms in total. The molecule has 1 saturated heterocycles. The SMILES string of the molecule is C[C@@H](c1ccccc1)N(C(=O)C1CCN(c2ccc(C=O)cc2)CC1)[C@@H](C)c1ccccc1. The number of anilines is 1.